The molecule has 0 bridgehead atoms. The third-order valence-electron chi connectivity index (χ3n) is 3.61. The van der Waals surface area contributed by atoms with Crippen LogP contribution in [0.15, 0.2) is 54.6 Å². The van der Waals surface area contributed by atoms with E-state index in [-0.39, 0.29) is 5.60 Å². The van der Waals surface area contributed by atoms with E-state index in [2.05, 4.69) is 74.2 Å². The smallest absolute Gasteiger partial charge is 0.185 e. The first-order valence-corrected chi connectivity index (χ1v) is 10.3. The lowest BCUT2D eigenvalue weighted by atomic mass is 9.69. The molecule has 0 spiro atoms. The van der Waals surface area contributed by atoms with Crippen molar-refractivity contribution in [2.24, 2.45) is 0 Å². The Morgan fingerprint density at radius 1 is 0.895 bits per heavy atom. The van der Waals surface area contributed by atoms with Crippen LogP contribution >= 0.6 is 0 Å². The van der Waals surface area contributed by atoms with E-state index in [1.807, 2.05) is 0 Å². The van der Waals surface area contributed by atoms with Gasteiger partial charge in [0.2, 0.25) is 0 Å². The van der Waals surface area contributed by atoms with Gasteiger partial charge in [0.1, 0.15) is 5.60 Å². The fourth-order valence-electron chi connectivity index (χ4n) is 2.96. The first kappa shape index (κ1) is 12.6. The Morgan fingerprint density at radius 2 is 1.53 bits per heavy atom. The van der Waals surface area contributed by atoms with Crippen molar-refractivity contribution in [1.82, 2.24) is 0 Å². The van der Waals surface area contributed by atoms with Gasteiger partial charge in [0.05, 0.1) is 0 Å². The monoisotopic (exact) mass is 268 g/mol. The van der Waals surface area contributed by atoms with E-state index in [0.29, 0.717) is 0 Å². The Kier molecular flexibility index (Phi) is 2.88. The number of benzene rings is 2. The SMILES string of the molecule is C[Si](C)(C)OC1(c2ccccc2)Cc2ccccc21. The maximum absolute atomic E-state index is 6.61. The summed E-state index contributed by atoms with van der Waals surface area (Å²) in [5, 5.41) is 0. The second kappa shape index (κ2) is 4.32. The fraction of sp³-hybridized carbons (Fsp3) is 0.294. The summed E-state index contributed by atoms with van der Waals surface area (Å²) in [7, 11) is -1.61. The maximum atomic E-state index is 6.61. The molecule has 0 saturated carbocycles. The number of rotatable bonds is 3. The summed E-state index contributed by atoms with van der Waals surface area (Å²) in [6, 6.07) is 19.3. The molecule has 0 N–H and O–H groups in total. The van der Waals surface area contributed by atoms with E-state index in [1.54, 1.807) is 0 Å². The van der Waals surface area contributed by atoms with Gasteiger partial charge in [-0.15, -0.1) is 0 Å². The zero-order valence-electron chi connectivity index (χ0n) is 11.8. The number of hydrogen-bond acceptors (Lipinski definition) is 1. The van der Waals surface area contributed by atoms with E-state index >= 15 is 0 Å². The van der Waals surface area contributed by atoms with E-state index in [9.17, 15) is 0 Å². The highest BCUT2D eigenvalue weighted by molar-refractivity contribution is 6.69. The fourth-order valence-corrected chi connectivity index (χ4v) is 4.31. The van der Waals surface area contributed by atoms with Crippen LogP contribution < -0.4 is 0 Å². The largest absolute Gasteiger partial charge is 0.404 e. The van der Waals surface area contributed by atoms with Crippen LogP contribution in [0.3, 0.4) is 0 Å². The highest BCUT2D eigenvalue weighted by atomic mass is 28.4. The van der Waals surface area contributed by atoms with Crippen LogP contribution in [0.1, 0.15) is 16.7 Å². The molecule has 1 atom stereocenters. The quantitative estimate of drug-likeness (QED) is 0.753. The van der Waals surface area contributed by atoms with Crippen LogP contribution in [0.4, 0.5) is 0 Å². The standard InChI is InChI=1S/C17H20OSi/c1-19(2,3)18-17(15-10-5-4-6-11-15)13-14-9-7-8-12-16(14)17/h4-12H,13H2,1-3H3. The van der Waals surface area contributed by atoms with Gasteiger partial charge in [0, 0.05) is 6.42 Å². The van der Waals surface area contributed by atoms with Gasteiger partial charge in [-0.1, -0.05) is 54.6 Å². The molecule has 0 fully saturated rings. The molecule has 1 nitrogen and oxygen atoms in total. The predicted octanol–water partition coefficient (Wildman–Crippen LogP) is 4.34. The molecule has 2 aromatic carbocycles. The molecule has 0 heterocycles. The summed E-state index contributed by atoms with van der Waals surface area (Å²) in [4.78, 5) is 0. The summed E-state index contributed by atoms with van der Waals surface area (Å²) in [5.41, 5.74) is 3.85. The minimum atomic E-state index is -1.61. The minimum Gasteiger partial charge on any atom is -0.404 e. The summed E-state index contributed by atoms with van der Waals surface area (Å²) >= 11 is 0. The van der Waals surface area contributed by atoms with Crippen molar-refractivity contribution in [3.05, 3.63) is 71.3 Å². The molecule has 0 radical (unpaired) electrons. The molecule has 1 unspecified atom stereocenters. The average Bonchev–Trinajstić information content (AvgIpc) is 2.36. The highest BCUT2D eigenvalue weighted by Crippen LogP contribution is 2.48. The van der Waals surface area contributed by atoms with E-state index in [0.717, 1.165) is 6.42 Å². The van der Waals surface area contributed by atoms with Gasteiger partial charge in [0.15, 0.2) is 8.32 Å². The molecular weight excluding hydrogens is 248 g/mol. The molecule has 1 aliphatic rings. The maximum Gasteiger partial charge on any atom is 0.185 e. The molecule has 0 aliphatic heterocycles. The van der Waals surface area contributed by atoms with Crippen LogP contribution in [-0.4, -0.2) is 8.32 Å². The van der Waals surface area contributed by atoms with Crippen LogP contribution in [0.25, 0.3) is 0 Å². The Hall–Kier alpha value is -1.38. The van der Waals surface area contributed by atoms with Crippen molar-refractivity contribution in [3.63, 3.8) is 0 Å². The molecule has 0 aromatic heterocycles. The van der Waals surface area contributed by atoms with Gasteiger partial charge in [-0.3, -0.25) is 0 Å². The molecule has 0 amide bonds. The van der Waals surface area contributed by atoms with Crippen molar-refractivity contribution in [3.8, 4) is 0 Å². The Bertz CT molecular complexity index is 586. The topological polar surface area (TPSA) is 9.23 Å². The summed E-state index contributed by atoms with van der Waals surface area (Å²) < 4.78 is 6.61. The van der Waals surface area contributed by atoms with Gasteiger partial charge in [-0.25, -0.2) is 0 Å². The summed E-state index contributed by atoms with van der Waals surface area (Å²) in [5.74, 6) is 0. The first-order valence-electron chi connectivity index (χ1n) is 6.85. The van der Waals surface area contributed by atoms with Crippen molar-refractivity contribution >= 4 is 8.32 Å². The van der Waals surface area contributed by atoms with Crippen LogP contribution in [0.5, 0.6) is 0 Å². The van der Waals surface area contributed by atoms with E-state index in [1.165, 1.54) is 16.7 Å². The van der Waals surface area contributed by atoms with Crippen molar-refractivity contribution in [1.29, 1.82) is 0 Å². The van der Waals surface area contributed by atoms with Crippen molar-refractivity contribution < 1.29 is 4.43 Å². The molecule has 2 heteroatoms. The second-order valence-electron chi connectivity index (χ2n) is 6.24. The molecule has 1 aliphatic carbocycles. The minimum absolute atomic E-state index is 0.206. The van der Waals surface area contributed by atoms with Gasteiger partial charge in [-0.05, 0) is 36.3 Å². The Balaban J connectivity index is 2.10. The number of hydrogen-bond donors (Lipinski definition) is 0. The van der Waals surface area contributed by atoms with Gasteiger partial charge < -0.3 is 4.43 Å². The molecule has 3 rings (SSSR count). The van der Waals surface area contributed by atoms with E-state index in [4.69, 9.17) is 4.43 Å². The lowest BCUT2D eigenvalue weighted by Gasteiger charge is -2.48. The summed E-state index contributed by atoms with van der Waals surface area (Å²) in [6.07, 6.45) is 0.997. The molecule has 19 heavy (non-hydrogen) atoms. The lowest BCUT2D eigenvalue weighted by molar-refractivity contribution is 0.0770. The lowest BCUT2D eigenvalue weighted by Crippen LogP contribution is -2.48. The third-order valence-corrected chi connectivity index (χ3v) is 4.57. The van der Waals surface area contributed by atoms with Crippen molar-refractivity contribution in [2.45, 2.75) is 31.7 Å². The summed E-state index contributed by atoms with van der Waals surface area (Å²) in [6.45, 7) is 6.79. The predicted molar refractivity (Wildman–Crippen MR) is 81.8 cm³/mol. The molecule has 0 saturated heterocycles. The number of fused-ring (bicyclic) bond motifs is 1. The average molecular weight is 268 g/mol. The van der Waals surface area contributed by atoms with Crippen LogP contribution in [-0.2, 0) is 16.4 Å². The normalized spacial score (nSPS) is 21.6. The Labute approximate surface area is 116 Å². The Morgan fingerprint density at radius 3 is 2.16 bits per heavy atom. The molecular formula is C17H20OSi. The third kappa shape index (κ3) is 2.15. The van der Waals surface area contributed by atoms with Crippen LogP contribution in [0.2, 0.25) is 19.6 Å². The van der Waals surface area contributed by atoms with Crippen LogP contribution in [0, 0.1) is 0 Å². The van der Waals surface area contributed by atoms with Gasteiger partial charge in [0.25, 0.3) is 0 Å². The molecule has 2 aromatic rings. The second-order valence-corrected chi connectivity index (χ2v) is 10.7. The first-order chi connectivity index (χ1) is 9.01. The highest BCUT2D eigenvalue weighted by Gasteiger charge is 2.47. The van der Waals surface area contributed by atoms with Gasteiger partial charge in [-0.2, -0.15) is 0 Å². The van der Waals surface area contributed by atoms with E-state index < -0.39 is 8.32 Å². The van der Waals surface area contributed by atoms with Crippen molar-refractivity contribution in [2.75, 3.05) is 0 Å². The zero-order chi connectivity index (χ0) is 13.5. The zero-order valence-corrected chi connectivity index (χ0v) is 12.8. The molecule has 98 valence electrons. The van der Waals surface area contributed by atoms with Gasteiger partial charge >= 0.3 is 0 Å².